The van der Waals surface area contributed by atoms with Gasteiger partial charge in [-0.05, 0) is 43.7 Å². The number of nitrogens with zero attached hydrogens (tertiary/aromatic N) is 2. The van der Waals surface area contributed by atoms with Crippen molar-refractivity contribution in [3.8, 4) is 11.8 Å². The minimum Gasteiger partial charge on any atom is -0.493 e. The molecule has 0 N–H and O–H groups in total. The van der Waals surface area contributed by atoms with E-state index < -0.39 is 0 Å². The third kappa shape index (κ3) is 5.13. The van der Waals surface area contributed by atoms with Gasteiger partial charge >= 0.3 is 0 Å². The van der Waals surface area contributed by atoms with Gasteiger partial charge in [0, 0.05) is 12.6 Å². The average molecular weight is 322 g/mol. The normalized spacial score (nSPS) is 10.2. The molecule has 24 heavy (non-hydrogen) atoms. The molecule has 4 nitrogen and oxygen atoms in total. The Kier molecular flexibility index (Phi) is 6.39. The van der Waals surface area contributed by atoms with Gasteiger partial charge in [0.15, 0.2) is 0 Å². The average Bonchev–Trinajstić information content (AvgIpc) is 2.60. The van der Waals surface area contributed by atoms with Crippen molar-refractivity contribution in [3.63, 3.8) is 0 Å². The Hall–Kier alpha value is -2.80. The molecule has 124 valence electrons. The van der Waals surface area contributed by atoms with Crippen LogP contribution in [0.5, 0.6) is 5.75 Å². The molecule has 2 aromatic rings. The molecular formula is C20H22N2O2. The quantitative estimate of drug-likeness (QED) is 0.780. The number of hydrogen-bond acceptors (Lipinski definition) is 3. The highest BCUT2D eigenvalue weighted by Crippen LogP contribution is 2.13. The molecular weight excluding hydrogens is 300 g/mol. The highest BCUT2D eigenvalue weighted by molar-refractivity contribution is 5.76. The molecule has 0 heterocycles. The third-order valence-corrected chi connectivity index (χ3v) is 3.71. The minimum absolute atomic E-state index is 0.0605. The molecule has 0 radical (unpaired) electrons. The standard InChI is InChI=1S/C20H22N2O2/c1-16(2)22(15-18-10-8-17(14-21)9-11-18)20(23)12-13-24-19-6-4-3-5-7-19/h3-11,16H,12-13,15H2,1-2H3. The maximum Gasteiger partial charge on any atom is 0.226 e. The smallest absolute Gasteiger partial charge is 0.226 e. The first-order valence-electron chi connectivity index (χ1n) is 8.06. The number of carbonyl (C=O) groups is 1. The van der Waals surface area contributed by atoms with Crippen LogP contribution >= 0.6 is 0 Å². The molecule has 0 aliphatic carbocycles. The Morgan fingerprint density at radius 2 is 1.79 bits per heavy atom. The molecule has 0 saturated carbocycles. The van der Waals surface area contributed by atoms with Gasteiger partial charge in [0.2, 0.25) is 5.91 Å². The lowest BCUT2D eigenvalue weighted by Crippen LogP contribution is -2.37. The van der Waals surface area contributed by atoms with Crippen LogP contribution < -0.4 is 4.74 Å². The van der Waals surface area contributed by atoms with E-state index in [1.165, 1.54) is 0 Å². The largest absolute Gasteiger partial charge is 0.493 e. The van der Waals surface area contributed by atoms with Crippen LogP contribution in [0.15, 0.2) is 54.6 Å². The Morgan fingerprint density at radius 1 is 1.12 bits per heavy atom. The van der Waals surface area contributed by atoms with Crippen molar-refractivity contribution in [1.82, 2.24) is 4.90 Å². The SMILES string of the molecule is CC(C)N(Cc1ccc(C#N)cc1)C(=O)CCOc1ccccc1. The van der Waals surface area contributed by atoms with Crippen molar-refractivity contribution in [3.05, 3.63) is 65.7 Å². The van der Waals surface area contributed by atoms with E-state index in [1.807, 2.05) is 61.2 Å². The first kappa shape index (κ1) is 17.6. The van der Waals surface area contributed by atoms with Gasteiger partial charge in [-0.25, -0.2) is 0 Å². The maximum atomic E-state index is 12.5. The van der Waals surface area contributed by atoms with Gasteiger partial charge in [-0.15, -0.1) is 0 Å². The lowest BCUT2D eigenvalue weighted by atomic mass is 10.1. The monoisotopic (exact) mass is 322 g/mol. The van der Waals surface area contributed by atoms with Crippen molar-refractivity contribution in [1.29, 1.82) is 5.26 Å². The van der Waals surface area contributed by atoms with Crippen molar-refractivity contribution < 1.29 is 9.53 Å². The van der Waals surface area contributed by atoms with E-state index in [0.717, 1.165) is 11.3 Å². The Balaban J connectivity index is 1.91. The summed E-state index contributed by atoms with van der Waals surface area (Å²) in [6.45, 7) is 4.90. The molecule has 0 aliphatic heterocycles. The van der Waals surface area contributed by atoms with Gasteiger partial charge < -0.3 is 9.64 Å². The number of rotatable bonds is 7. The molecule has 2 rings (SSSR count). The second kappa shape index (κ2) is 8.73. The second-order valence-electron chi connectivity index (χ2n) is 5.84. The van der Waals surface area contributed by atoms with Crippen LogP contribution in [0.25, 0.3) is 0 Å². The molecule has 0 unspecified atom stereocenters. The van der Waals surface area contributed by atoms with Crippen LogP contribution in [-0.2, 0) is 11.3 Å². The van der Waals surface area contributed by atoms with Crippen LogP contribution in [0.3, 0.4) is 0 Å². The summed E-state index contributed by atoms with van der Waals surface area (Å²) in [5, 5.41) is 8.85. The summed E-state index contributed by atoms with van der Waals surface area (Å²) in [6, 6.07) is 19.0. The van der Waals surface area contributed by atoms with Gasteiger partial charge in [0.25, 0.3) is 0 Å². The van der Waals surface area contributed by atoms with E-state index >= 15 is 0 Å². The number of para-hydroxylation sites is 1. The van der Waals surface area contributed by atoms with Gasteiger partial charge in [-0.2, -0.15) is 5.26 Å². The van der Waals surface area contributed by atoms with E-state index in [9.17, 15) is 4.79 Å². The molecule has 0 spiro atoms. The van der Waals surface area contributed by atoms with E-state index in [0.29, 0.717) is 25.1 Å². The molecule has 1 amide bonds. The predicted octanol–water partition coefficient (Wildman–Crippen LogP) is 3.76. The molecule has 0 aliphatic rings. The predicted molar refractivity (Wildman–Crippen MR) is 93.4 cm³/mol. The molecule has 0 saturated heterocycles. The summed E-state index contributed by atoms with van der Waals surface area (Å²) < 4.78 is 5.60. The van der Waals surface area contributed by atoms with Gasteiger partial charge in [0.05, 0.1) is 24.7 Å². The minimum atomic E-state index is 0.0605. The van der Waals surface area contributed by atoms with Crippen LogP contribution in [0.2, 0.25) is 0 Å². The highest BCUT2D eigenvalue weighted by Gasteiger charge is 2.17. The Morgan fingerprint density at radius 3 is 2.38 bits per heavy atom. The maximum absolute atomic E-state index is 12.5. The summed E-state index contributed by atoms with van der Waals surface area (Å²) in [6.07, 6.45) is 0.337. The first-order chi connectivity index (χ1) is 11.6. The number of hydrogen-bond donors (Lipinski definition) is 0. The van der Waals surface area contributed by atoms with Gasteiger partial charge in [-0.3, -0.25) is 4.79 Å². The number of ether oxygens (including phenoxy) is 1. The lowest BCUT2D eigenvalue weighted by molar-refractivity contribution is -0.134. The summed E-state index contributed by atoms with van der Waals surface area (Å²) in [5.74, 6) is 0.832. The lowest BCUT2D eigenvalue weighted by Gasteiger charge is -2.27. The van der Waals surface area contributed by atoms with Crippen molar-refractivity contribution >= 4 is 5.91 Å². The van der Waals surface area contributed by atoms with E-state index in [4.69, 9.17) is 10.00 Å². The van der Waals surface area contributed by atoms with Crippen LogP contribution in [0.1, 0.15) is 31.4 Å². The number of amides is 1. The molecule has 0 fully saturated rings. The summed E-state index contributed by atoms with van der Waals surface area (Å²) >= 11 is 0. The van der Waals surface area contributed by atoms with Crippen LogP contribution in [0, 0.1) is 11.3 Å². The number of benzene rings is 2. The highest BCUT2D eigenvalue weighted by atomic mass is 16.5. The molecule has 2 aromatic carbocycles. The first-order valence-corrected chi connectivity index (χ1v) is 8.06. The van der Waals surface area contributed by atoms with Crippen molar-refractivity contribution in [2.45, 2.75) is 32.9 Å². The van der Waals surface area contributed by atoms with E-state index in [1.54, 1.807) is 12.1 Å². The summed E-state index contributed by atoms with van der Waals surface area (Å²) in [7, 11) is 0. The molecule has 0 atom stereocenters. The molecule has 4 heteroatoms. The summed E-state index contributed by atoms with van der Waals surface area (Å²) in [5.41, 5.74) is 1.64. The molecule has 0 bridgehead atoms. The number of nitriles is 1. The van der Waals surface area contributed by atoms with Crippen LogP contribution in [-0.4, -0.2) is 23.5 Å². The van der Waals surface area contributed by atoms with Crippen molar-refractivity contribution in [2.75, 3.05) is 6.61 Å². The van der Waals surface area contributed by atoms with Gasteiger partial charge in [-0.1, -0.05) is 30.3 Å². The van der Waals surface area contributed by atoms with Crippen LogP contribution in [0.4, 0.5) is 0 Å². The topological polar surface area (TPSA) is 53.3 Å². The van der Waals surface area contributed by atoms with Gasteiger partial charge in [0.1, 0.15) is 5.75 Å². The Labute approximate surface area is 143 Å². The molecule has 0 aromatic heterocycles. The fourth-order valence-electron chi connectivity index (χ4n) is 2.36. The third-order valence-electron chi connectivity index (χ3n) is 3.71. The van der Waals surface area contributed by atoms with E-state index in [-0.39, 0.29) is 11.9 Å². The zero-order chi connectivity index (χ0) is 17.4. The zero-order valence-electron chi connectivity index (χ0n) is 14.1. The summed E-state index contributed by atoms with van der Waals surface area (Å²) in [4.78, 5) is 14.3. The Bertz CT molecular complexity index is 688. The fourth-order valence-corrected chi connectivity index (χ4v) is 2.36. The second-order valence-corrected chi connectivity index (χ2v) is 5.84. The van der Waals surface area contributed by atoms with Crippen molar-refractivity contribution in [2.24, 2.45) is 0 Å². The fraction of sp³-hybridized carbons (Fsp3) is 0.300. The zero-order valence-corrected chi connectivity index (χ0v) is 14.1. The van der Waals surface area contributed by atoms with E-state index in [2.05, 4.69) is 6.07 Å². The number of carbonyl (C=O) groups excluding carboxylic acids is 1.